The van der Waals surface area contributed by atoms with E-state index in [4.69, 9.17) is 23.2 Å². The molecular weight excluding hydrogens is 359 g/mol. The largest absolute Gasteiger partial charge is 0.354 e. The number of carbonyl (C=O) groups excluding carboxylic acids is 1. The number of halogens is 2. The second-order valence-electron chi connectivity index (χ2n) is 6.13. The van der Waals surface area contributed by atoms with E-state index in [1.807, 2.05) is 32.8 Å². The summed E-state index contributed by atoms with van der Waals surface area (Å²) < 4.78 is 24.4. The SMILES string of the molecule is CN(C)C(C)(C)CNC(=O)CCS(=O)(=O)c1ccc(Cl)c(Cl)c1. The van der Waals surface area contributed by atoms with E-state index >= 15 is 0 Å². The smallest absolute Gasteiger partial charge is 0.221 e. The zero-order chi connectivity index (χ0) is 17.8. The van der Waals surface area contributed by atoms with Crippen LogP contribution in [-0.2, 0) is 14.6 Å². The van der Waals surface area contributed by atoms with Crippen molar-refractivity contribution in [2.75, 3.05) is 26.4 Å². The molecule has 0 saturated carbocycles. The molecular formula is C15H22Cl2N2O3S. The average Bonchev–Trinajstić information content (AvgIpc) is 2.45. The molecule has 5 nitrogen and oxygen atoms in total. The van der Waals surface area contributed by atoms with Crippen LogP contribution in [0.1, 0.15) is 20.3 Å². The number of nitrogens with one attached hydrogen (secondary N) is 1. The third-order valence-electron chi connectivity index (χ3n) is 3.78. The van der Waals surface area contributed by atoms with Gasteiger partial charge in [-0.05, 0) is 46.1 Å². The number of benzene rings is 1. The molecule has 1 N–H and O–H groups in total. The summed E-state index contributed by atoms with van der Waals surface area (Å²) >= 11 is 11.6. The lowest BCUT2D eigenvalue weighted by Gasteiger charge is -2.32. The number of sulfone groups is 1. The first kappa shape index (κ1) is 20.2. The number of amides is 1. The molecule has 0 aromatic heterocycles. The van der Waals surface area contributed by atoms with Crippen molar-refractivity contribution in [3.8, 4) is 0 Å². The van der Waals surface area contributed by atoms with Crippen molar-refractivity contribution in [2.45, 2.75) is 30.7 Å². The van der Waals surface area contributed by atoms with Crippen LogP contribution in [-0.4, -0.2) is 51.2 Å². The Bertz CT molecular complexity index is 673. The van der Waals surface area contributed by atoms with Crippen molar-refractivity contribution in [2.24, 2.45) is 0 Å². The summed E-state index contributed by atoms with van der Waals surface area (Å²) in [4.78, 5) is 13.9. The summed E-state index contributed by atoms with van der Waals surface area (Å²) in [6.07, 6.45) is -0.105. The third kappa shape index (κ3) is 5.95. The highest BCUT2D eigenvalue weighted by Crippen LogP contribution is 2.25. The number of hydrogen-bond donors (Lipinski definition) is 1. The van der Waals surface area contributed by atoms with Crippen molar-refractivity contribution in [1.29, 1.82) is 0 Å². The molecule has 0 aliphatic rings. The standard InChI is InChI=1S/C15H22Cl2N2O3S/c1-15(2,19(3)4)10-18-14(20)7-8-23(21,22)11-5-6-12(16)13(17)9-11/h5-6,9H,7-8,10H2,1-4H3,(H,18,20). The van der Waals surface area contributed by atoms with Crippen LogP contribution in [0.15, 0.2) is 23.1 Å². The summed E-state index contributed by atoms with van der Waals surface area (Å²) in [6.45, 7) is 4.41. The lowest BCUT2D eigenvalue weighted by atomic mass is 10.0. The first-order chi connectivity index (χ1) is 10.5. The molecule has 0 spiro atoms. The Morgan fingerprint density at radius 2 is 1.83 bits per heavy atom. The van der Waals surface area contributed by atoms with E-state index in [-0.39, 0.29) is 38.6 Å². The van der Waals surface area contributed by atoms with E-state index in [9.17, 15) is 13.2 Å². The van der Waals surface area contributed by atoms with Crippen molar-refractivity contribution < 1.29 is 13.2 Å². The summed E-state index contributed by atoms with van der Waals surface area (Å²) in [5, 5.41) is 3.21. The summed E-state index contributed by atoms with van der Waals surface area (Å²) in [7, 11) is 0.256. The fourth-order valence-corrected chi connectivity index (χ4v) is 3.20. The molecule has 1 aromatic rings. The Morgan fingerprint density at radius 1 is 1.22 bits per heavy atom. The van der Waals surface area contributed by atoms with Gasteiger partial charge in [0.25, 0.3) is 0 Å². The van der Waals surface area contributed by atoms with Crippen molar-refractivity contribution in [1.82, 2.24) is 10.2 Å². The molecule has 0 bridgehead atoms. The van der Waals surface area contributed by atoms with Gasteiger partial charge in [0, 0.05) is 18.5 Å². The van der Waals surface area contributed by atoms with Crippen LogP contribution in [0.2, 0.25) is 10.0 Å². The van der Waals surface area contributed by atoms with Crippen LogP contribution in [0.3, 0.4) is 0 Å². The van der Waals surface area contributed by atoms with Crippen molar-refractivity contribution in [3.63, 3.8) is 0 Å². The molecule has 0 aliphatic heterocycles. The van der Waals surface area contributed by atoms with E-state index in [0.29, 0.717) is 6.54 Å². The minimum atomic E-state index is -3.58. The van der Waals surface area contributed by atoms with E-state index in [2.05, 4.69) is 5.32 Å². The van der Waals surface area contributed by atoms with Gasteiger partial charge in [-0.2, -0.15) is 0 Å². The Kier molecular flexibility index (Phi) is 6.89. The van der Waals surface area contributed by atoms with E-state index < -0.39 is 9.84 Å². The zero-order valence-corrected chi connectivity index (χ0v) is 16.0. The Hall–Kier alpha value is -0.820. The van der Waals surface area contributed by atoms with Crippen LogP contribution < -0.4 is 5.32 Å². The van der Waals surface area contributed by atoms with Gasteiger partial charge in [0.2, 0.25) is 5.91 Å². The summed E-state index contributed by atoms with van der Waals surface area (Å²) in [5.74, 6) is -0.581. The van der Waals surface area contributed by atoms with Crippen LogP contribution >= 0.6 is 23.2 Å². The molecule has 8 heteroatoms. The van der Waals surface area contributed by atoms with Gasteiger partial charge in [-0.15, -0.1) is 0 Å². The molecule has 0 heterocycles. The predicted molar refractivity (Wildman–Crippen MR) is 93.9 cm³/mol. The topological polar surface area (TPSA) is 66.5 Å². The van der Waals surface area contributed by atoms with Crippen LogP contribution in [0.5, 0.6) is 0 Å². The first-order valence-corrected chi connectivity index (χ1v) is 9.48. The fraction of sp³-hybridized carbons (Fsp3) is 0.533. The molecule has 1 aromatic carbocycles. The summed E-state index contributed by atoms with van der Waals surface area (Å²) in [6, 6.07) is 4.11. The molecule has 130 valence electrons. The molecule has 0 unspecified atom stereocenters. The lowest BCUT2D eigenvalue weighted by molar-refractivity contribution is -0.121. The van der Waals surface area contributed by atoms with E-state index in [1.165, 1.54) is 18.2 Å². The highest BCUT2D eigenvalue weighted by Gasteiger charge is 2.22. The summed E-state index contributed by atoms with van der Waals surface area (Å²) in [5.41, 5.74) is -0.210. The molecule has 23 heavy (non-hydrogen) atoms. The maximum Gasteiger partial charge on any atom is 0.221 e. The van der Waals surface area contributed by atoms with Crippen molar-refractivity contribution in [3.05, 3.63) is 28.2 Å². The molecule has 1 rings (SSSR count). The molecule has 0 saturated heterocycles. The van der Waals surface area contributed by atoms with Gasteiger partial charge >= 0.3 is 0 Å². The minimum absolute atomic E-state index is 0.0633. The second kappa shape index (κ2) is 7.83. The maximum atomic E-state index is 12.2. The van der Waals surface area contributed by atoms with Gasteiger partial charge in [-0.1, -0.05) is 23.2 Å². The molecule has 0 fully saturated rings. The van der Waals surface area contributed by atoms with Gasteiger partial charge in [-0.3, -0.25) is 4.79 Å². The third-order valence-corrected chi connectivity index (χ3v) is 6.23. The average molecular weight is 381 g/mol. The first-order valence-electron chi connectivity index (χ1n) is 7.07. The lowest BCUT2D eigenvalue weighted by Crippen LogP contribution is -2.48. The van der Waals surface area contributed by atoms with Gasteiger partial charge in [-0.25, -0.2) is 8.42 Å². The van der Waals surface area contributed by atoms with Crippen LogP contribution in [0.4, 0.5) is 0 Å². The zero-order valence-electron chi connectivity index (χ0n) is 13.7. The number of hydrogen-bond acceptors (Lipinski definition) is 4. The van der Waals surface area contributed by atoms with E-state index in [1.54, 1.807) is 0 Å². The highest BCUT2D eigenvalue weighted by atomic mass is 35.5. The second-order valence-corrected chi connectivity index (χ2v) is 9.05. The molecule has 0 radical (unpaired) electrons. The molecule has 0 aliphatic carbocycles. The number of nitrogens with zero attached hydrogens (tertiary/aromatic N) is 1. The van der Waals surface area contributed by atoms with Gasteiger partial charge in [0.1, 0.15) is 0 Å². The molecule has 0 atom stereocenters. The normalized spacial score (nSPS) is 12.5. The van der Waals surface area contributed by atoms with Crippen LogP contribution in [0.25, 0.3) is 0 Å². The van der Waals surface area contributed by atoms with E-state index in [0.717, 1.165) is 0 Å². The fourth-order valence-electron chi connectivity index (χ4n) is 1.58. The maximum absolute atomic E-state index is 12.2. The molecule has 1 amide bonds. The van der Waals surface area contributed by atoms with Gasteiger partial charge in [0.15, 0.2) is 9.84 Å². The monoisotopic (exact) mass is 380 g/mol. The Balaban J connectivity index is 2.62. The minimum Gasteiger partial charge on any atom is -0.354 e. The number of likely N-dealkylation sites (N-methyl/N-ethyl adjacent to an activating group) is 1. The van der Waals surface area contributed by atoms with Crippen molar-refractivity contribution >= 4 is 38.9 Å². The van der Waals surface area contributed by atoms with Crippen LogP contribution in [0, 0.1) is 0 Å². The number of carbonyl (C=O) groups is 1. The Labute approximate surface area is 147 Å². The number of rotatable bonds is 7. The van der Waals surface area contributed by atoms with Gasteiger partial charge in [0.05, 0.1) is 20.7 Å². The quantitative estimate of drug-likeness (QED) is 0.789. The van der Waals surface area contributed by atoms with Gasteiger partial charge < -0.3 is 10.2 Å². The predicted octanol–water partition coefficient (Wildman–Crippen LogP) is 2.61. The Morgan fingerprint density at radius 3 is 2.35 bits per heavy atom. The highest BCUT2D eigenvalue weighted by molar-refractivity contribution is 7.91.